The van der Waals surface area contributed by atoms with Crippen molar-refractivity contribution >= 4 is 29.2 Å². The zero-order chi connectivity index (χ0) is 13.7. The third kappa shape index (κ3) is 3.63. The molecule has 98 valence electrons. The average Bonchev–Trinajstić information content (AvgIpc) is 2.28. The summed E-state index contributed by atoms with van der Waals surface area (Å²) >= 11 is 5.72. The number of halogens is 1. The second kappa shape index (κ2) is 6.26. The van der Waals surface area contributed by atoms with Crippen molar-refractivity contribution in [3.63, 3.8) is 0 Å². The maximum Gasteiger partial charge on any atom is 0.341 e. The van der Waals surface area contributed by atoms with Crippen LogP contribution >= 0.6 is 11.6 Å². The van der Waals surface area contributed by atoms with Gasteiger partial charge in [0.25, 0.3) is 5.91 Å². The molecule has 0 spiro atoms. The first-order chi connectivity index (χ1) is 8.45. The number of nitrogen functional groups attached to an aromatic ring is 1. The largest absolute Gasteiger partial charge is 0.449 e. The fourth-order valence-electron chi connectivity index (χ4n) is 1.31. The quantitative estimate of drug-likeness (QED) is 0.643. The number of benzene rings is 1. The summed E-state index contributed by atoms with van der Waals surface area (Å²) < 4.78 is 5.00. The van der Waals surface area contributed by atoms with Crippen molar-refractivity contribution in [2.45, 2.75) is 20.0 Å². The second-order valence-electron chi connectivity index (χ2n) is 3.67. The van der Waals surface area contributed by atoms with E-state index < -0.39 is 12.1 Å². The zero-order valence-corrected chi connectivity index (χ0v) is 11.0. The van der Waals surface area contributed by atoms with E-state index in [9.17, 15) is 9.59 Å². The lowest BCUT2D eigenvalue weighted by molar-refractivity contribution is -0.128. The van der Waals surface area contributed by atoms with Crippen molar-refractivity contribution in [1.29, 1.82) is 0 Å². The summed E-state index contributed by atoms with van der Waals surface area (Å²) in [6, 6.07) is 4.45. The van der Waals surface area contributed by atoms with Crippen LogP contribution in [0.2, 0.25) is 5.02 Å². The van der Waals surface area contributed by atoms with Crippen molar-refractivity contribution in [2.75, 3.05) is 12.3 Å². The summed E-state index contributed by atoms with van der Waals surface area (Å²) in [5, 5.41) is 2.99. The maximum atomic E-state index is 11.8. The van der Waals surface area contributed by atoms with Gasteiger partial charge in [-0.05, 0) is 32.0 Å². The van der Waals surface area contributed by atoms with Gasteiger partial charge >= 0.3 is 5.97 Å². The van der Waals surface area contributed by atoms with E-state index in [1.807, 2.05) is 0 Å². The Bertz CT molecular complexity index is 463. The van der Waals surface area contributed by atoms with E-state index in [1.165, 1.54) is 25.1 Å². The molecule has 0 heterocycles. The van der Waals surface area contributed by atoms with Gasteiger partial charge in [-0.3, -0.25) is 4.79 Å². The summed E-state index contributed by atoms with van der Waals surface area (Å²) in [4.78, 5) is 23.2. The highest BCUT2D eigenvalue weighted by atomic mass is 35.5. The zero-order valence-electron chi connectivity index (χ0n) is 10.2. The lowest BCUT2D eigenvalue weighted by Gasteiger charge is -2.13. The van der Waals surface area contributed by atoms with Crippen molar-refractivity contribution < 1.29 is 14.3 Å². The van der Waals surface area contributed by atoms with E-state index in [1.54, 1.807) is 6.92 Å². The number of hydrogen-bond acceptors (Lipinski definition) is 4. The van der Waals surface area contributed by atoms with E-state index >= 15 is 0 Å². The van der Waals surface area contributed by atoms with Crippen LogP contribution in [-0.4, -0.2) is 24.5 Å². The van der Waals surface area contributed by atoms with Crippen LogP contribution in [0.15, 0.2) is 18.2 Å². The Kier molecular flexibility index (Phi) is 4.97. The normalized spacial score (nSPS) is 11.7. The van der Waals surface area contributed by atoms with Gasteiger partial charge < -0.3 is 15.8 Å². The van der Waals surface area contributed by atoms with Gasteiger partial charge in [-0.15, -0.1) is 0 Å². The number of likely N-dealkylation sites (N-methyl/N-ethyl adjacent to an activating group) is 1. The molecule has 0 aliphatic heterocycles. The van der Waals surface area contributed by atoms with Crippen LogP contribution in [0.5, 0.6) is 0 Å². The van der Waals surface area contributed by atoms with Gasteiger partial charge in [0.05, 0.1) is 5.56 Å². The molecule has 1 atom stereocenters. The first-order valence-electron chi connectivity index (χ1n) is 5.49. The number of nitrogens with two attached hydrogens (primary N) is 1. The molecule has 0 saturated heterocycles. The summed E-state index contributed by atoms with van der Waals surface area (Å²) in [6.45, 7) is 3.75. The summed E-state index contributed by atoms with van der Waals surface area (Å²) in [7, 11) is 0. The molecular weight excluding hydrogens is 256 g/mol. The summed E-state index contributed by atoms with van der Waals surface area (Å²) in [6.07, 6.45) is -0.868. The second-order valence-corrected chi connectivity index (χ2v) is 4.11. The van der Waals surface area contributed by atoms with Crippen LogP contribution < -0.4 is 11.1 Å². The molecule has 0 saturated carbocycles. The van der Waals surface area contributed by atoms with Gasteiger partial charge in [0.15, 0.2) is 6.10 Å². The Morgan fingerprint density at radius 2 is 2.17 bits per heavy atom. The molecule has 5 nitrogen and oxygen atoms in total. The Morgan fingerprint density at radius 3 is 2.72 bits per heavy atom. The van der Waals surface area contributed by atoms with E-state index in [4.69, 9.17) is 22.1 Å². The smallest absolute Gasteiger partial charge is 0.341 e. The van der Waals surface area contributed by atoms with Crippen LogP contribution in [0, 0.1) is 0 Å². The minimum atomic E-state index is -0.868. The van der Waals surface area contributed by atoms with Crippen LogP contribution in [0.25, 0.3) is 0 Å². The fourth-order valence-corrected chi connectivity index (χ4v) is 1.50. The monoisotopic (exact) mass is 270 g/mol. The summed E-state index contributed by atoms with van der Waals surface area (Å²) in [5.74, 6) is -0.999. The minimum Gasteiger partial charge on any atom is -0.449 e. The molecule has 0 radical (unpaired) electrons. The number of hydrogen-bond donors (Lipinski definition) is 2. The third-order valence-electron chi connectivity index (χ3n) is 2.24. The lowest BCUT2D eigenvalue weighted by atomic mass is 10.2. The number of carbonyl (C=O) groups excluding carboxylic acids is 2. The van der Waals surface area contributed by atoms with Crippen molar-refractivity contribution in [2.24, 2.45) is 0 Å². The van der Waals surface area contributed by atoms with Gasteiger partial charge in [0.1, 0.15) is 0 Å². The molecule has 0 aromatic heterocycles. The number of nitrogens with one attached hydrogen (secondary N) is 1. The Balaban J connectivity index is 2.73. The topological polar surface area (TPSA) is 81.4 Å². The number of ether oxygens (including phenoxy) is 1. The molecule has 0 fully saturated rings. The third-order valence-corrected chi connectivity index (χ3v) is 2.47. The first kappa shape index (κ1) is 14.3. The van der Waals surface area contributed by atoms with E-state index in [0.717, 1.165) is 0 Å². The van der Waals surface area contributed by atoms with Gasteiger partial charge in [-0.25, -0.2) is 4.79 Å². The highest BCUT2D eigenvalue weighted by Gasteiger charge is 2.19. The Morgan fingerprint density at radius 1 is 1.50 bits per heavy atom. The van der Waals surface area contributed by atoms with Crippen LogP contribution in [-0.2, 0) is 9.53 Å². The van der Waals surface area contributed by atoms with E-state index in [2.05, 4.69) is 5.32 Å². The number of amides is 1. The molecule has 0 aliphatic carbocycles. The molecule has 18 heavy (non-hydrogen) atoms. The molecule has 1 aromatic carbocycles. The Hall–Kier alpha value is -1.75. The molecule has 1 unspecified atom stereocenters. The van der Waals surface area contributed by atoms with Gasteiger partial charge in [0.2, 0.25) is 0 Å². The van der Waals surface area contributed by atoms with Crippen LogP contribution in [0.1, 0.15) is 24.2 Å². The SMILES string of the molecule is CCNC(=O)C(C)OC(=O)c1ccc(Cl)cc1N. The molecule has 1 amide bonds. The van der Waals surface area contributed by atoms with Crippen LogP contribution in [0.4, 0.5) is 5.69 Å². The maximum absolute atomic E-state index is 11.8. The van der Waals surface area contributed by atoms with Gasteiger partial charge in [-0.1, -0.05) is 11.6 Å². The standard InChI is InChI=1S/C12H15ClN2O3/c1-3-15-11(16)7(2)18-12(17)9-5-4-8(13)6-10(9)14/h4-7H,3,14H2,1-2H3,(H,15,16). The van der Waals surface area contributed by atoms with Crippen molar-refractivity contribution in [3.05, 3.63) is 28.8 Å². The number of anilines is 1. The van der Waals surface area contributed by atoms with Crippen molar-refractivity contribution in [1.82, 2.24) is 5.32 Å². The fraction of sp³-hybridized carbons (Fsp3) is 0.333. The lowest BCUT2D eigenvalue weighted by Crippen LogP contribution is -2.35. The van der Waals surface area contributed by atoms with Crippen molar-refractivity contribution in [3.8, 4) is 0 Å². The van der Waals surface area contributed by atoms with Gasteiger partial charge in [0, 0.05) is 17.3 Å². The highest BCUT2D eigenvalue weighted by Crippen LogP contribution is 2.19. The average molecular weight is 271 g/mol. The Labute approximate surface area is 110 Å². The minimum absolute atomic E-state index is 0.190. The molecule has 1 rings (SSSR count). The van der Waals surface area contributed by atoms with E-state index in [-0.39, 0.29) is 17.2 Å². The molecular formula is C12H15ClN2O3. The predicted octanol–water partition coefficient (Wildman–Crippen LogP) is 1.60. The van der Waals surface area contributed by atoms with Crippen LogP contribution in [0.3, 0.4) is 0 Å². The molecule has 6 heteroatoms. The summed E-state index contributed by atoms with van der Waals surface area (Å²) in [5.41, 5.74) is 6.06. The molecule has 3 N–H and O–H groups in total. The number of esters is 1. The predicted molar refractivity (Wildman–Crippen MR) is 69.4 cm³/mol. The molecule has 1 aromatic rings. The highest BCUT2D eigenvalue weighted by molar-refractivity contribution is 6.31. The first-order valence-corrected chi connectivity index (χ1v) is 5.87. The van der Waals surface area contributed by atoms with Gasteiger partial charge in [-0.2, -0.15) is 0 Å². The van der Waals surface area contributed by atoms with E-state index in [0.29, 0.717) is 11.6 Å². The number of carbonyl (C=O) groups is 2. The number of rotatable bonds is 4. The molecule has 0 bridgehead atoms. The molecule has 0 aliphatic rings.